The lowest BCUT2D eigenvalue weighted by Gasteiger charge is -2.27. The highest BCUT2D eigenvalue weighted by Crippen LogP contribution is 2.17. The first-order valence-corrected chi connectivity index (χ1v) is 6.72. The van der Waals surface area contributed by atoms with Gasteiger partial charge in [-0.05, 0) is 33.6 Å². The largest absolute Gasteiger partial charge is 0.374 e. The third kappa shape index (κ3) is 5.91. The van der Waals surface area contributed by atoms with Crippen LogP contribution in [0.2, 0.25) is 0 Å². The minimum Gasteiger partial charge on any atom is -0.374 e. The molecule has 1 aliphatic rings. The molecule has 0 aromatic rings. The summed E-state index contributed by atoms with van der Waals surface area (Å²) in [6, 6.07) is 0.295. The first kappa shape index (κ1) is 14.3. The smallest absolute Gasteiger partial charge is 0.315 e. The minimum atomic E-state index is -0.293. The Balaban J connectivity index is 2.20. The molecule has 100 valence electrons. The zero-order chi connectivity index (χ0) is 12.7. The van der Waals surface area contributed by atoms with Gasteiger partial charge in [-0.25, -0.2) is 4.79 Å². The van der Waals surface area contributed by atoms with E-state index in [0.717, 1.165) is 12.8 Å². The van der Waals surface area contributed by atoms with Crippen LogP contribution in [-0.2, 0) is 4.74 Å². The Labute approximate surface area is 104 Å². The molecule has 17 heavy (non-hydrogen) atoms. The molecule has 0 aliphatic heterocycles. The van der Waals surface area contributed by atoms with E-state index < -0.39 is 0 Å². The van der Waals surface area contributed by atoms with Crippen molar-refractivity contribution < 1.29 is 9.53 Å². The Bertz CT molecular complexity index is 236. The highest BCUT2D eigenvalue weighted by Gasteiger charge is 2.20. The van der Waals surface area contributed by atoms with Crippen molar-refractivity contribution in [3.8, 4) is 0 Å². The van der Waals surface area contributed by atoms with E-state index in [1.54, 1.807) is 0 Å². The number of rotatable bonds is 5. The number of carbonyl (C=O) groups excluding carboxylic acids is 1. The molecule has 1 rings (SSSR count). The second kappa shape index (κ2) is 6.84. The Morgan fingerprint density at radius 3 is 2.53 bits per heavy atom. The normalized spacial score (nSPS) is 17.8. The number of nitrogens with one attached hydrogen (secondary N) is 2. The van der Waals surface area contributed by atoms with Gasteiger partial charge in [-0.1, -0.05) is 19.3 Å². The van der Waals surface area contributed by atoms with Crippen LogP contribution in [0.25, 0.3) is 0 Å². The van der Waals surface area contributed by atoms with Gasteiger partial charge in [0.15, 0.2) is 0 Å². The van der Waals surface area contributed by atoms with Crippen LogP contribution < -0.4 is 10.6 Å². The molecule has 0 radical (unpaired) electrons. The average Bonchev–Trinajstić information content (AvgIpc) is 2.28. The Morgan fingerprint density at radius 2 is 1.94 bits per heavy atom. The van der Waals surface area contributed by atoms with Crippen molar-refractivity contribution in [3.63, 3.8) is 0 Å². The van der Waals surface area contributed by atoms with Crippen LogP contribution in [0.15, 0.2) is 0 Å². The number of hydrogen-bond acceptors (Lipinski definition) is 2. The molecule has 4 heteroatoms. The molecule has 0 bridgehead atoms. The van der Waals surface area contributed by atoms with Crippen molar-refractivity contribution in [1.82, 2.24) is 10.6 Å². The maximum Gasteiger partial charge on any atom is 0.315 e. The predicted molar refractivity (Wildman–Crippen MR) is 69.1 cm³/mol. The lowest BCUT2D eigenvalue weighted by atomic mass is 9.96. The second-order valence-corrected chi connectivity index (χ2v) is 5.35. The molecule has 0 aromatic carbocycles. The van der Waals surface area contributed by atoms with E-state index in [9.17, 15) is 4.79 Å². The summed E-state index contributed by atoms with van der Waals surface area (Å²) in [7, 11) is 0. The van der Waals surface area contributed by atoms with E-state index in [2.05, 4.69) is 10.6 Å². The van der Waals surface area contributed by atoms with Crippen LogP contribution in [0.3, 0.4) is 0 Å². The van der Waals surface area contributed by atoms with E-state index in [4.69, 9.17) is 4.74 Å². The van der Waals surface area contributed by atoms with E-state index in [1.807, 2.05) is 20.8 Å². The molecule has 0 aromatic heterocycles. The van der Waals surface area contributed by atoms with Gasteiger partial charge in [-0.3, -0.25) is 0 Å². The second-order valence-electron chi connectivity index (χ2n) is 5.35. The summed E-state index contributed by atoms with van der Waals surface area (Å²) < 4.78 is 5.53. The number of hydrogen-bond donors (Lipinski definition) is 2. The fourth-order valence-corrected chi connectivity index (χ4v) is 2.22. The molecular formula is C13H26N2O2. The Hall–Kier alpha value is -0.770. The van der Waals surface area contributed by atoms with Crippen molar-refractivity contribution in [2.75, 3.05) is 13.2 Å². The number of ether oxygens (including phenoxy) is 1. The summed E-state index contributed by atoms with van der Waals surface area (Å²) in [6.07, 6.45) is 5.99. The lowest BCUT2D eigenvalue weighted by molar-refractivity contribution is -0.00696. The molecule has 2 N–H and O–H groups in total. The van der Waals surface area contributed by atoms with E-state index in [1.165, 1.54) is 19.3 Å². The Morgan fingerprint density at radius 1 is 1.29 bits per heavy atom. The van der Waals surface area contributed by atoms with Gasteiger partial charge in [0.25, 0.3) is 0 Å². The fourth-order valence-electron chi connectivity index (χ4n) is 2.22. The molecule has 0 heterocycles. The van der Waals surface area contributed by atoms with E-state index in [-0.39, 0.29) is 11.6 Å². The van der Waals surface area contributed by atoms with Crippen LogP contribution in [0, 0.1) is 0 Å². The third-order valence-corrected chi connectivity index (χ3v) is 3.15. The van der Waals surface area contributed by atoms with Gasteiger partial charge in [0.1, 0.15) is 0 Å². The molecule has 0 saturated heterocycles. The molecule has 1 fully saturated rings. The minimum absolute atomic E-state index is 0.0651. The van der Waals surface area contributed by atoms with Crippen LogP contribution in [0.5, 0.6) is 0 Å². The molecule has 0 unspecified atom stereocenters. The highest BCUT2D eigenvalue weighted by atomic mass is 16.5. The molecule has 0 atom stereocenters. The van der Waals surface area contributed by atoms with E-state index in [0.29, 0.717) is 19.2 Å². The lowest BCUT2D eigenvalue weighted by Crippen LogP contribution is -2.48. The molecule has 2 amide bonds. The van der Waals surface area contributed by atoms with Gasteiger partial charge in [-0.15, -0.1) is 0 Å². The summed E-state index contributed by atoms with van der Waals surface area (Å²) in [4.78, 5) is 11.7. The quantitative estimate of drug-likeness (QED) is 0.778. The van der Waals surface area contributed by atoms with Crippen molar-refractivity contribution >= 4 is 6.03 Å². The van der Waals surface area contributed by atoms with Crippen LogP contribution in [-0.4, -0.2) is 30.8 Å². The van der Waals surface area contributed by atoms with E-state index >= 15 is 0 Å². The number of carbonyl (C=O) groups is 1. The van der Waals surface area contributed by atoms with Crippen molar-refractivity contribution in [1.29, 1.82) is 0 Å². The molecule has 4 nitrogen and oxygen atoms in total. The van der Waals surface area contributed by atoms with Crippen molar-refractivity contribution in [3.05, 3.63) is 0 Å². The maximum absolute atomic E-state index is 11.7. The van der Waals surface area contributed by atoms with Gasteiger partial charge in [0, 0.05) is 19.2 Å². The zero-order valence-electron chi connectivity index (χ0n) is 11.3. The Kier molecular flexibility index (Phi) is 5.75. The van der Waals surface area contributed by atoms with Gasteiger partial charge in [0.05, 0.1) is 5.60 Å². The fraction of sp³-hybridized carbons (Fsp3) is 0.923. The first-order chi connectivity index (χ1) is 8.03. The summed E-state index contributed by atoms with van der Waals surface area (Å²) >= 11 is 0. The van der Waals surface area contributed by atoms with Crippen LogP contribution >= 0.6 is 0 Å². The summed E-state index contributed by atoms with van der Waals surface area (Å²) in [5.74, 6) is 0. The predicted octanol–water partition coefficient (Wildman–Crippen LogP) is 2.43. The highest BCUT2D eigenvalue weighted by molar-refractivity contribution is 5.74. The maximum atomic E-state index is 11.7. The molecule has 1 aliphatic carbocycles. The molecular weight excluding hydrogens is 216 g/mol. The van der Waals surface area contributed by atoms with Crippen LogP contribution in [0.1, 0.15) is 52.9 Å². The van der Waals surface area contributed by atoms with Crippen LogP contribution in [0.4, 0.5) is 4.79 Å². The third-order valence-electron chi connectivity index (χ3n) is 3.15. The van der Waals surface area contributed by atoms with Gasteiger partial charge in [-0.2, -0.15) is 0 Å². The number of urea groups is 1. The summed E-state index contributed by atoms with van der Waals surface area (Å²) in [5, 5.41) is 5.91. The summed E-state index contributed by atoms with van der Waals surface area (Å²) in [6.45, 7) is 7.14. The SMILES string of the molecule is CCOC(C)(C)CNC(=O)NC1CCCCC1. The summed E-state index contributed by atoms with van der Waals surface area (Å²) in [5.41, 5.74) is -0.293. The van der Waals surface area contributed by atoms with Crippen molar-refractivity contribution in [2.45, 2.75) is 64.5 Å². The van der Waals surface area contributed by atoms with Gasteiger partial charge >= 0.3 is 6.03 Å². The standard InChI is InChI=1S/C13H26N2O2/c1-4-17-13(2,3)10-14-12(16)15-11-8-6-5-7-9-11/h11H,4-10H2,1-3H3,(H2,14,15,16). The zero-order valence-corrected chi connectivity index (χ0v) is 11.3. The molecule has 0 spiro atoms. The number of amides is 2. The first-order valence-electron chi connectivity index (χ1n) is 6.72. The average molecular weight is 242 g/mol. The van der Waals surface area contributed by atoms with Gasteiger partial charge in [0.2, 0.25) is 0 Å². The van der Waals surface area contributed by atoms with Gasteiger partial charge < -0.3 is 15.4 Å². The van der Waals surface area contributed by atoms with Crippen molar-refractivity contribution in [2.24, 2.45) is 0 Å². The molecule has 1 saturated carbocycles. The monoisotopic (exact) mass is 242 g/mol. The topological polar surface area (TPSA) is 50.4 Å².